The van der Waals surface area contributed by atoms with Crippen molar-refractivity contribution in [2.45, 2.75) is 0 Å². The Balaban J connectivity index is 1.73. The Labute approximate surface area is 163 Å². The Morgan fingerprint density at radius 3 is 2.46 bits per heavy atom. The van der Waals surface area contributed by atoms with Crippen LogP contribution < -0.4 is 9.47 Å². The molecule has 0 bridgehead atoms. The molecule has 6 nitrogen and oxygen atoms in total. The van der Waals surface area contributed by atoms with Crippen LogP contribution in [-0.2, 0) is 0 Å². The SMILES string of the molecule is COc1ccccc1OC(=O)c1nc(-c2cccs2)n(-c2ccc(F)cc2)n1. The van der Waals surface area contributed by atoms with E-state index in [-0.39, 0.29) is 17.4 Å². The minimum absolute atomic E-state index is 0.112. The number of nitrogens with zero attached hydrogens (tertiary/aromatic N) is 3. The normalized spacial score (nSPS) is 10.6. The van der Waals surface area contributed by atoms with E-state index >= 15 is 0 Å². The number of methoxy groups -OCH3 is 1. The van der Waals surface area contributed by atoms with Crippen LogP contribution >= 0.6 is 11.3 Å². The fraction of sp³-hybridized carbons (Fsp3) is 0.0500. The van der Waals surface area contributed by atoms with Gasteiger partial charge in [-0.3, -0.25) is 0 Å². The average molecular weight is 395 g/mol. The molecule has 0 saturated carbocycles. The second-order valence-corrected chi connectivity index (χ2v) is 6.61. The smallest absolute Gasteiger partial charge is 0.383 e. The van der Waals surface area contributed by atoms with Gasteiger partial charge in [-0.05, 0) is 47.8 Å². The molecule has 0 spiro atoms. The van der Waals surface area contributed by atoms with Crippen LogP contribution in [0.5, 0.6) is 11.5 Å². The molecule has 0 unspecified atom stereocenters. The maximum absolute atomic E-state index is 13.3. The highest BCUT2D eigenvalue weighted by molar-refractivity contribution is 7.13. The number of rotatable bonds is 5. The van der Waals surface area contributed by atoms with Crippen LogP contribution in [0.1, 0.15) is 10.6 Å². The van der Waals surface area contributed by atoms with E-state index in [4.69, 9.17) is 9.47 Å². The van der Waals surface area contributed by atoms with Crippen LogP contribution in [0, 0.1) is 5.82 Å². The maximum atomic E-state index is 13.3. The molecule has 0 aliphatic carbocycles. The van der Waals surface area contributed by atoms with Gasteiger partial charge in [0.05, 0.1) is 17.7 Å². The summed E-state index contributed by atoms with van der Waals surface area (Å²) in [7, 11) is 1.49. The Kier molecular flexibility index (Phi) is 4.86. The van der Waals surface area contributed by atoms with Crippen molar-refractivity contribution in [1.82, 2.24) is 14.8 Å². The summed E-state index contributed by atoms with van der Waals surface area (Å²) in [5.41, 5.74) is 0.577. The van der Waals surface area contributed by atoms with Crippen LogP contribution in [0.25, 0.3) is 16.4 Å². The quantitative estimate of drug-likeness (QED) is 0.371. The molecule has 4 rings (SSSR count). The molecule has 2 heterocycles. The lowest BCUT2D eigenvalue weighted by atomic mass is 10.3. The molecular formula is C20H14FN3O3S. The van der Waals surface area contributed by atoms with Gasteiger partial charge in [0.2, 0.25) is 0 Å². The van der Waals surface area contributed by atoms with Gasteiger partial charge in [0.25, 0.3) is 5.82 Å². The molecule has 0 radical (unpaired) electrons. The van der Waals surface area contributed by atoms with Crippen molar-refractivity contribution in [3.8, 4) is 27.9 Å². The number of carbonyl (C=O) groups is 1. The predicted octanol–water partition coefficient (Wildman–Crippen LogP) is 4.36. The zero-order valence-corrected chi connectivity index (χ0v) is 15.5. The molecular weight excluding hydrogens is 381 g/mol. The minimum atomic E-state index is -0.719. The largest absolute Gasteiger partial charge is 0.493 e. The van der Waals surface area contributed by atoms with Gasteiger partial charge >= 0.3 is 5.97 Å². The Bertz CT molecular complexity index is 1110. The molecule has 0 saturated heterocycles. The molecule has 0 amide bonds. The summed E-state index contributed by atoms with van der Waals surface area (Å²) >= 11 is 1.45. The third-order valence-corrected chi connectivity index (χ3v) is 4.74. The number of hydrogen-bond acceptors (Lipinski definition) is 6. The summed E-state index contributed by atoms with van der Waals surface area (Å²) in [6.45, 7) is 0. The fourth-order valence-corrected chi connectivity index (χ4v) is 3.27. The van der Waals surface area contributed by atoms with Crippen molar-refractivity contribution in [2.24, 2.45) is 0 Å². The van der Waals surface area contributed by atoms with Crippen molar-refractivity contribution < 1.29 is 18.7 Å². The van der Waals surface area contributed by atoms with Crippen LogP contribution in [0.4, 0.5) is 4.39 Å². The fourth-order valence-electron chi connectivity index (χ4n) is 2.57. The van der Waals surface area contributed by atoms with Crippen LogP contribution in [0.2, 0.25) is 0 Å². The minimum Gasteiger partial charge on any atom is -0.493 e. The number of thiophene rings is 1. The zero-order valence-electron chi connectivity index (χ0n) is 14.7. The topological polar surface area (TPSA) is 66.2 Å². The lowest BCUT2D eigenvalue weighted by Gasteiger charge is -2.06. The zero-order chi connectivity index (χ0) is 19.5. The molecule has 0 N–H and O–H groups in total. The van der Waals surface area contributed by atoms with E-state index in [1.807, 2.05) is 17.5 Å². The molecule has 0 atom stereocenters. The first kappa shape index (κ1) is 17.9. The van der Waals surface area contributed by atoms with Gasteiger partial charge in [-0.2, -0.15) is 4.98 Å². The van der Waals surface area contributed by atoms with Crippen molar-refractivity contribution in [3.63, 3.8) is 0 Å². The van der Waals surface area contributed by atoms with E-state index in [1.54, 1.807) is 36.4 Å². The lowest BCUT2D eigenvalue weighted by molar-refractivity contribution is 0.0717. The number of aromatic nitrogens is 3. The Morgan fingerprint density at radius 1 is 1.04 bits per heavy atom. The summed E-state index contributed by atoms with van der Waals surface area (Å²) in [5, 5.41) is 6.19. The summed E-state index contributed by atoms with van der Waals surface area (Å²) in [5.74, 6) is -0.0363. The van der Waals surface area contributed by atoms with E-state index in [1.165, 1.54) is 35.3 Å². The average Bonchev–Trinajstić information content (AvgIpc) is 3.39. The highest BCUT2D eigenvalue weighted by atomic mass is 32.1. The molecule has 8 heteroatoms. The van der Waals surface area contributed by atoms with Gasteiger partial charge in [-0.25, -0.2) is 13.9 Å². The van der Waals surface area contributed by atoms with Crippen molar-refractivity contribution in [2.75, 3.05) is 7.11 Å². The highest BCUT2D eigenvalue weighted by Gasteiger charge is 2.22. The summed E-state index contributed by atoms with van der Waals surface area (Å²) in [4.78, 5) is 17.8. The van der Waals surface area contributed by atoms with Gasteiger partial charge in [0.1, 0.15) is 5.82 Å². The molecule has 2 aromatic heterocycles. The van der Waals surface area contributed by atoms with Gasteiger partial charge in [-0.1, -0.05) is 18.2 Å². The number of carbonyl (C=O) groups excluding carboxylic acids is 1. The van der Waals surface area contributed by atoms with Gasteiger partial charge in [-0.15, -0.1) is 16.4 Å². The van der Waals surface area contributed by atoms with Crippen molar-refractivity contribution in [1.29, 1.82) is 0 Å². The van der Waals surface area contributed by atoms with E-state index < -0.39 is 5.97 Å². The molecule has 0 aliphatic rings. The first-order valence-corrected chi connectivity index (χ1v) is 9.16. The predicted molar refractivity (Wildman–Crippen MR) is 103 cm³/mol. The number of esters is 1. The summed E-state index contributed by atoms with van der Waals surface area (Å²) < 4.78 is 25.4. The van der Waals surface area contributed by atoms with E-state index in [0.29, 0.717) is 17.3 Å². The van der Waals surface area contributed by atoms with Crippen molar-refractivity contribution >= 4 is 17.3 Å². The van der Waals surface area contributed by atoms with Gasteiger partial charge in [0, 0.05) is 0 Å². The number of para-hydroxylation sites is 2. The standard InChI is InChI=1S/C20H14FN3O3S/c1-26-15-5-2-3-6-16(15)27-20(25)18-22-19(17-7-4-12-28-17)24(23-18)14-10-8-13(21)9-11-14/h2-12H,1H3. The van der Waals surface area contributed by atoms with Crippen molar-refractivity contribution in [3.05, 3.63) is 77.7 Å². The number of ether oxygens (including phenoxy) is 2. The van der Waals surface area contributed by atoms with E-state index in [2.05, 4.69) is 10.1 Å². The molecule has 28 heavy (non-hydrogen) atoms. The second-order valence-electron chi connectivity index (χ2n) is 5.66. The maximum Gasteiger partial charge on any atom is 0.383 e. The first-order chi connectivity index (χ1) is 13.7. The van der Waals surface area contributed by atoms with Crippen LogP contribution in [0.3, 0.4) is 0 Å². The molecule has 0 fully saturated rings. The number of benzene rings is 2. The molecule has 0 aliphatic heterocycles. The Morgan fingerprint density at radius 2 is 1.79 bits per heavy atom. The van der Waals surface area contributed by atoms with E-state index in [0.717, 1.165) is 4.88 Å². The van der Waals surface area contributed by atoms with Gasteiger partial charge < -0.3 is 9.47 Å². The second kappa shape index (κ2) is 7.61. The van der Waals surface area contributed by atoms with Crippen LogP contribution in [0.15, 0.2) is 66.0 Å². The lowest BCUT2D eigenvalue weighted by Crippen LogP contribution is -2.12. The molecule has 2 aromatic carbocycles. The third-order valence-electron chi connectivity index (χ3n) is 3.87. The third kappa shape index (κ3) is 3.49. The number of halogens is 1. The number of hydrogen-bond donors (Lipinski definition) is 0. The highest BCUT2D eigenvalue weighted by Crippen LogP contribution is 2.28. The first-order valence-electron chi connectivity index (χ1n) is 8.28. The molecule has 4 aromatic rings. The summed E-state index contributed by atoms with van der Waals surface area (Å²) in [6.07, 6.45) is 0. The monoisotopic (exact) mass is 395 g/mol. The van der Waals surface area contributed by atoms with Crippen LogP contribution in [-0.4, -0.2) is 27.8 Å². The molecule has 140 valence electrons. The van der Waals surface area contributed by atoms with E-state index in [9.17, 15) is 9.18 Å². The summed E-state index contributed by atoms with van der Waals surface area (Å²) in [6, 6.07) is 16.3. The Hall–Kier alpha value is -3.52. The van der Waals surface area contributed by atoms with Gasteiger partial charge in [0.15, 0.2) is 17.3 Å².